The van der Waals surface area contributed by atoms with Crippen molar-refractivity contribution in [2.75, 3.05) is 7.11 Å². The van der Waals surface area contributed by atoms with Gasteiger partial charge in [0.05, 0.1) is 18.5 Å². The normalized spacial score (nSPS) is 11.3. The van der Waals surface area contributed by atoms with Crippen LogP contribution in [0, 0.1) is 13.8 Å². The summed E-state index contributed by atoms with van der Waals surface area (Å²) in [6, 6.07) is 12.0. The van der Waals surface area contributed by atoms with Crippen LogP contribution in [0.1, 0.15) is 17.0 Å². The van der Waals surface area contributed by atoms with Crippen LogP contribution in [-0.2, 0) is 9.53 Å². The molecule has 3 rings (SSSR count). The second-order valence-electron chi connectivity index (χ2n) is 5.24. The minimum absolute atomic E-state index is 0.403. The van der Waals surface area contributed by atoms with Gasteiger partial charge in [-0.15, -0.1) is 0 Å². The van der Waals surface area contributed by atoms with Crippen molar-refractivity contribution < 1.29 is 9.53 Å². The molecule has 0 aliphatic heterocycles. The van der Waals surface area contributed by atoms with E-state index in [1.807, 2.05) is 54.8 Å². The molecule has 1 aromatic carbocycles. The Morgan fingerprint density at radius 3 is 2.65 bits per heavy atom. The Kier molecular flexibility index (Phi) is 3.93. The van der Waals surface area contributed by atoms with Gasteiger partial charge >= 0.3 is 5.97 Å². The maximum atomic E-state index is 11.4. The Hall–Kier alpha value is -2.95. The van der Waals surface area contributed by atoms with Crippen LogP contribution in [0.25, 0.3) is 23.0 Å². The molecule has 5 nitrogen and oxygen atoms in total. The van der Waals surface area contributed by atoms with E-state index in [0.29, 0.717) is 0 Å². The molecule has 2 heterocycles. The van der Waals surface area contributed by atoms with Crippen molar-refractivity contribution in [2.45, 2.75) is 13.8 Å². The molecule has 2 aromatic heterocycles. The van der Waals surface area contributed by atoms with Crippen molar-refractivity contribution in [3.63, 3.8) is 0 Å². The maximum absolute atomic E-state index is 11.4. The third-order valence-electron chi connectivity index (χ3n) is 3.59. The smallest absolute Gasteiger partial charge is 0.330 e. The van der Waals surface area contributed by atoms with Gasteiger partial charge in [0.1, 0.15) is 0 Å². The first kappa shape index (κ1) is 15.0. The summed E-state index contributed by atoms with van der Waals surface area (Å²) in [5.41, 5.74) is 5.27. The number of rotatable bonds is 3. The van der Waals surface area contributed by atoms with Gasteiger partial charge in [0, 0.05) is 22.9 Å². The Morgan fingerprint density at radius 2 is 1.96 bits per heavy atom. The number of benzene rings is 1. The first-order valence-electron chi connectivity index (χ1n) is 7.28. The molecule has 0 radical (unpaired) electrons. The van der Waals surface area contributed by atoms with Gasteiger partial charge in [-0.2, -0.15) is 5.10 Å². The lowest BCUT2D eigenvalue weighted by Crippen LogP contribution is -1.98. The molecule has 0 unspecified atom stereocenters. The van der Waals surface area contributed by atoms with E-state index in [9.17, 15) is 4.79 Å². The Labute approximate surface area is 134 Å². The van der Waals surface area contributed by atoms with Crippen LogP contribution in [0.3, 0.4) is 0 Å². The van der Waals surface area contributed by atoms with Crippen molar-refractivity contribution in [3.05, 3.63) is 59.4 Å². The van der Waals surface area contributed by atoms with E-state index in [1.54, 1.807) is 6.08 Å². The van der Waals surface area contributed by atoms with Crippen LogP contribution in [0.2, 0.25) is 0 Å². The van der Waals surface area contributed by atoms with E-state index in [4.69, 9.17) is 0 Å². The average molecular weight is 307 g/mol. The zero-order chi connectivity index (χ0) is 16.4. The summed E-state index contributed by atoms with van der Waals surface area (Å²) >= 11 is 0. The maximum Gasteiger partial charge on any atom is 0.330 e. The van der Waals surface area contributed by atoms with E-state index in [-0.39, 0.29) is 0 Å². The molecule has 0 aliphatic rings. The van der Waals surface area contributed by atoms with Crippen molar-refractivity contribution >= 4 is 17.7 Å². The highest BCUT2D eigenvalue weighted by Crippen LogP contribution is 2.24. The molecule has 3 aromatic rings. The second-order valence-corrected chi connectivity index (χ2v) is 5.24. The van der Waals surface area contributed by atoms with Crippen molar-refractivity contribution in [2.24, 2.45) is 0 Å². The van der Waals surface area contributed by atoms with E-state index in [2.05, 4.69) is 14.8 Å². The van der Waals surface area contributed by atoms with Crippen LogP contribution in [0.5, 0.6) is 0 Å². The number of carbonyl (C=O) groups excluding carboxylic acids is 1. The number of esters is 1. The van der Waals surface area contributed by atoms with Crippen molar-refractivity contribution in [1.29, 1.82) is 0 Å². The molecule has 0 atom stereocenters. The summed E-state index contributed by atoms with van der Waals surface area (Å²) in [7, 11) is 1.35. The highest BCUT2D eigenvalue weighted by Gasteiger charge is 2.13. The SMILES string of the molecule is COC(=O)/C=C/c1c(C)nn2c(-c3ccccc3)cc(C)nc12. The summed E-state index contributed by atoms with van der Waals surface area (Å²) in [5, 5.41) is 4.59. The zero-order valence-corrected chi connectivity index (χ0v) is 13.3. The summed E-state index contributed by atoms with van der Waals surface area (Å²) < 4.78 is 6.46. The van der Waals surface area contributed by atoms with Gasteiger partial charge in [-0.3, -0.25) is 0 Å². The van der Waals surface area contributed by atoms with Crippen molar-refractivity contribution in [1.82, 2.24) is 14.6 Å². The molecule has 0 amide bonds. The average Bonchev–Trinajstić information content (AvgIpc) is 2.88. The minimum Gasteiger partial charge on any atom is -0.466 e. The molecule has 5 heteroatoms. The van der Waals surface area contributed by atoms with E-state index < -0.39 is 5.97 Å². The number of ether oxygens (including phenoxy) is 1. The van der Waals surface area contributed by atoms with E-state index in [1.165, 1.54) is 13.2 Å². The molecule has 0 aliphatic carbocycles. The van der Waals surface area contributed by atoms with Crippen LogP contribution < -0.4 is 0 Å². The number of hydrogen-bond donors (Lipinski definition) is 0. The summed E-state index contributed by atoms with van der Waals surface area (Å²) in [6.07, 6.45) is 3.08. The molecule has 116 valence electrons. The standard InChI is InChI=1S/C18H17N3O2/c1-12-11-16(14-7-5-4-6-8-14)21-18(19-12)15(13(2)20-21)9-10-17(22)23-3/h4-11H,1-3H3/b10-9+. The lowest BCUT2D eigenvalue weighted by Gasteiger charge is -2.06. The monoisotopic (exact) mass is 307 g/mol. The number of methoxy groups -OCH3 is 1. The number of nitrogens with zero attached hydrogens (tertiary/aromatic N) is 3. The number of carbonyl (C=O) groups is 1. The topological polar surface area (TPSA) is 56.5 Å². The molecule has 23 heavy (non-hydrogen) atoms. The second kappa shape index (κ2) is 6.04. The van der Waals surface area contributed by atoms with Gasteiger partial charge in [-0.1, -0.05) is 30.3 Å². The zero-order valence-electron chi connectivity index (χ0n) is 13.3. The highest BCUT2D eigenvalue weighted by atomic mass is 16.5. The van der Waals surface area contributed by atoms with E-state index >= 15 is 0 Å². The number of aryl methyl sites for hydroxylation is 2. The Morgan fingerprint density at radius 1 is 1.22 bits per heavy atom. The van der Waals surface area contributed by atoms with Gasteiger partial charge in [0.2, 0.25) is 0 Å². The van der Waals surface area contributed by atoms with E-state index in [0.717, 1.165) is 33.9 Å². The van der Waals surface area contributed by atoms with Gasteiger partial charge < -0.3 is 4.74 Å². The third kappa shape index (κ3) is 2.85. The Bertz CT molecular complexity index is 896. The predicted octanol–water partition coefficient (Wildman–Crippen LogP) is 3.20. The highest BCUT2D eigenvalue weighted by molar-refractivity contribution is 5.89. The first-order chi connectivity index (χ1) is 11.1. The largest absolute Gasteiger partial charge is 0.466 e. The fraction of sp³-hybridized carbons (Fsp3) is 0.167. The lowest BCUT2D eigenvalue weighted by atomic mass is 10.1. The van der Waals surface area contributed by atoms with Crippen LogP contribution >= 0.6 is 0 Å². The van der Waals surface area contributed by atoms with Gasteiger partial charge in [-0.05, 0) is 26.0 Å². The van der Waals surface area contributed by atoms with Crippen LogP contribution in [0.4, 0.5) is 0 Å². The van der Waals surface area contributed by atoms with Gasteiger partial charge in [0.25, 0.3) is 0 Å². The third-order valence-corrected chi connectivity index (χ3v) is 3.59. The minimum atomic E-state index is -0.403. The molecule has 0 spiro atoms. The molecule has 0 saturated carbocycles. The van der Waals surface area contributed by atoms with Crippen LogP contribution in [-0.4, -0.2) is 27.7 Å². The van der Waals surface area contributed by atoms with Crippen LogP contribution in [0.15, 0.2) is 42.5 Å². The fourth-order valence-corrected chi connectivity index (χ4v) is 2.49. The Balaban J connectivity index is 2.22. The summed E-state index contributed by atoms with van der Waals surface area (Å²) in [4.78, 5) is 15.9. The van der Waals surface area contributed by atoms with Gasteiger partial charge in [-0.25, -0.2) is 14.3 Å². The molecular formula is C18H17N3O2. The number of fused-ring (bicyclic) bond motifs is 1. The molecule has 0 fully saturated rings. The quantitative estimate of drug-likeness (QED) is 0.551. The molecule has 0 bridgehead atoms. The molecule has 0 N–H and O–H groups in total. The predicted molar refractivity (Wildman–Crippen MR) is 88.9 cm³/mol. The number of hydrogen-bond acceptors (Lipinski definition) is 4. The molecular weight excluding hydrogens is 290 g/mol. The molecule has 0 saturated heterocycles. The summed E-state index contributed by atoms with van der Waals surface area (Å²) in [6.45, 7) is 3.85. The van der Waals surface area contributed by atoms with Gasteiger partial charge in [0.15, 0.2) is 5.65 Å². The first-order valence-corrected chi connectivity index (χ1v) is 7.28. The van der Waals surface area contributed by atoms with Crippen molar-refractivity contribution in [3.8, 4) is 11.3 Å². The number of aromatic nitrogens is 3. The fourth-order valence-electron chi connectivity index (χ4n) is 2.49. The summed E-state index contributed by atoms with van der Waals surface area (Å²) in [5.74, 6) is -0.403. The lowest BCUT2D eigenvalue weighted by molar-refractivity contribution is -0.134.